The predicted octanol–water partition coefficient (Wildman–Crippen LogP) is -3.88. The quantitative estimate of drug-likeness (QED) is 0.235. The van der Waals surface area contributed by atoms with Crippen LogP contribution in [0.4, 0.5) is 0 Å². The summed E-state index contributed by atoms with van der Waals surface area (Å²) in [6, 6.07) is 0. The van der Waals surface area contributed by atoms with Gasteiger partial charge in [-0.25, -0.2) is 0 Å². The molecule has 5 atom stereocenters. The summed E-state index contributed by atoms with van der Waals surface area (Å²) in [6.45, 7) is -0.648. The fourth-order valence-corrected chi connectivity index (χ4v) is 1.39. The maximum atomic E-state index is 11.4. The highest BCUT2D eigenvalue weighted by Gasteiger charge is 2.45. The molecule has 0 fully saturated rings. The van der Waals surface area contributed by atoms with Crippen molar-refractivity contribution in [1.29, 1.82) is 0 Å². The minimum absolute atomic E-state index is 0.615. The zero-order valence-corrected chi connectivity index (χ0v) is 9.97. The average molecular weight is 268 g/mol. The summed E-state index contributed by atoms with van der Waals surface area (Å²) in [5.74, 6) is -1.01. The summed E-state index contributed by atoms with van der Waals surface area (Å²) in [4.78, 5) is 11.4. The van der Waals surface area contributed by atoms with Gasteiger partial charge in [-0.15, -0.1) is 0 Å². The third-order valence-electron chi connectivity index (χ3n) is 2.66. The van der Waals surface area contributed by atoms with E-state index in [1.54, 1.807) is 0 Å². The number of Topliss-reactive ketones (excluding diaryl/α,β-unsaturated/α-hetero) is 1. The summed E-state index contributed by atoms with van der Waals surface area (Å²) < 4.78 is 0. The lowest BCUT2D eigenvalue weighted by Crippen LogP contribution is -2.58. The van der Waals surface area contributed by atoms with Crippen molar-refractivity contribution in [2.45, 2.75) is 43.4 Å². The molecule has 0 aromatic rings. The first-order chi connectivity index (χ1) is 8.18. The van der Waals surface area contributed by atoms with E-state index < -0.39 is 55.4 Å². The molecule has 0 heterocycles. The van der Waals surface area contributed by atoms with Crippen LogP contribution < -0.4 is 0 Å². The molecule has 0 radical (unpaired) electrons. The van der Waals surface area contributed by atoms with Crippen molar-refractivity contribution < 1.29 is 40.5 Å². The summed E-state index contributed by atoms with van der Waals surface area (Å²) in [7, 11) is 0. The first-order valence-electron chi connectivity index (χ1n) is 5.37. The van der Waals surface area contributed by atoms with Crippen LogP contribution in [-0.2, 0) is 4.79 Å². The molecule has 0 aromatic heterocycles. The number of carbonyl (C=O) groups excluding carboxylic acids is 1. The molecule has 0 spiro atoms. The number of hydrogen-bond acceptors (Lipinski definition) is 8. The largest absolute Gasteiger partial charge is 0.394 e. The minimum atomic E-state index is -2.39. The van der Waals surface area contributed by atoms with Gasteiger partial charge in [0.25, 0.3) is 0 Å². The molecule has 0 rings (SSSR count). The van der Waals surface area contributed by atoms with Gasteiger partial charge < -0.3 is 35.7 Å². The Morgan fingerprint density at radius 3 is 2.00 bits per heavy atom. The van der Waals surface area contributed by atoms with Gasteiger partial charge in [-0.1, -0.05) is 0 Å². The highest BCUT2D eigenvalue weighted by atomic mass is 16.4. The Kier molecular flexibility index (Phi) is 6.86. The zero-order chi connectivity index (χ0) is 14.5. The SMILES string of the molecule is CC(O)(C(O)C(=O)CC(O)CO)C(O)C(O)CO. The first kappa shape index (κ1) is 17.4. The van der Waals surface area contributed by atoms with Gasteiger partial charge in [0, 0.05) is 6.42 Å². The zero-order valence-electron chi connectivity index (χ0n) is 9.97. The van der Waals surface area contributed by atoms with E-state index in [1.165, 1.54) is 0 Å². The van der Waals surface area contributed by atoms with Crippen molar-refractivity contribution in [2.24, 2.45) is 0 Å². The van der Waals surface area contributed by atoms with Crippen molar-refractivity contribution in [3.63, 3.8) is 0 Å². The predicted molar refractivity (Wildman–Crippen MR) is 58.4 cm³/mol. The molecule has 0 aliphatic heterocycles. The van der Waals surface area contributed by atoms with Crippen molar-refractivity contribution in [2.75, 3.05) is 13.2 Å². The number of hydrogen-bond donors (Lipinski definition) is 7. The summed E-state index contributed by atoms with van der Waals surface area (Å²) in [5, 5.41) is 64.1. The Balaban J connectivity index is 4.73. The lowest BCUT2D eigenvalue weighted by atomic mass is 9.85. The number of aliphatic hydroxyl groups excluding tert-OH is 6. The minimum Gasteiger partial charge on any atom is -0.394 e. The third kappa shape index (κ3) is 4.25. The topological polar surface area (TPSA) is 159 Å². The molecular formula is C10H20O8. The standard InChI is InChI=1S/C10H20O8/c1-10(18,9(17)7(15)4-12)8(16)6(14)2-5(13)3-11/h5,7-9,11-13,15-18H,2-4H2,1H3. The maximum absolute atomic E-state index is 11.4. The van der Waals surface area contributed by atoms with Crippen LogP contribution in [-0.4, -0.2) is 84.8 Å². The Bertz CT molecular complexity index is 267. The van der Waals surface area contributed by atoms with Gasteiger partial charge in [0.1, 0.15) is 23.9 Å². The van der Waals surface area contributed by atoms with Crippen LogP contribution in [0.1, 0.15) is 13.3 Å². The number of ketones is 1. The molecule has 0 saturated carbocycles. The van der Waals surface area contributed by atoms with Crippen LogP contribution in [0.25, 0.3) is 0 Å². The lowest BCUT2D eigenvalue weighted by Gasteiger charge is -2.34. The fraction of sp³-hybridized carbons (Fsp3) is 0.900. The van der Waals surface area contributed by atoms with E-state index in [-0.39, 0.29) is 0 Å². The average Bonchev–Trinajstić information content (AvgIpc) is 2.35. The molecule has 8 heteroatoms. The van der Waals surface area contributed by atoms with Crippen LogP contribution in [0.15, 0.2) is 0 Å². The van der Waals surface area contributed by atoms with Gasteiger partial charge in [0.05, 0.1) is 19.3 Å². The molecule has 0 aliphatic carbocycles. The van der Waals surface area contributed by atoms with E-state index in [2.05, 4.69) is 0 Å². The van der Waals surface area contributed by atoms with E-state index in [4.69, 9.17) is 20.4 Å². The van der Waals surface area contributed by atoms with Crippen LogP contribution in [0, 0.1) is 0 Å². The fourth-order valence-electron chi connectivity index (χ4n) is 1.39. The van der Waals surface area contributed by atoms with E-state index in [0.717, 1.165) is 6.92 Å². The Morgan fingerprint density at radius 1 is 1.11 bits per heavy atom. The van der Waals surface area contributed by atoms with Gasteiger partial charge in [-0.3, -0.25) is 4.79 Å². The molecule has 18 heavy (non-hydrogen) atoms. The van der Waals surface area contributed by atoms with E-state index in [9.17, 15) is 20.1 Å². The van der Waals surface area contributed by atoms with Crippen LogP contribution in [0.3, 0.4) is 0 Å². The van der Waals surface area contributed by atoms with E-state index >= 15 is 0 Å². The molecular weight excluding hydrogens is 248 g/mol. The van der Waals surface area contributed by atoms with Gasteiger partial charge in [-0.05, 0) is 6.92 Å². The smallest absolute Gasteiger partial charge is 0.167 e. The summed E-state index contributed by atoms with van der Waals surface area (Å²) in [6.07, 6.45) is -7.76. The van der Waals surface area contributed by atoms with Crippen molar-refractivity contribution in [3.05, 3.63) is 0 Å². The number of carbonyl (C=O) groups is 1. The Hall–Kier alpha value is -0.610. The normalized spacial score (nSPS) is 21.8. The molecule has 0 bridgehead atoms. The van der Waals surface area contributed by atoms with Crippen LogP contribution >= 0.6 is 0 Å². The van der Waals surface area contributed by atoms with Crippen LogP contribution in [0.2, 0.25) is 0 Å². The third-order valence-corrected chi connectivity index (χ3v) is 2.66. The Morgan fingerprint density at radius 2 is 1.61 bits per heavy atom. The van der Waals surface area contributed by atoms with Crippen molar-refractivity contribution in [1.82, 2.24) is 0 Å². The van der Waals surface area contributed by atoms with Crippen molar-refractivity contribution in [3.8, 4) is 0 Å². The highest BCUT2D eigenvalue weighted by molar-refractivity contribution is 5.84. The molecule has 0 aliphatic rings. The number of aliphatic hydroxyl groups is 7. The highest BCUT2D eigenvalue weighted by Crippen LogP contribution is 2.20. The van der Waals surface area contributed by atoms with E-state index in [0.29, 0.717) is 0 Å². The molecule has 0 amide bonds. The molecule has 108 valence electrons. The van der Waals surface area contributed by atoms with Gasteiger partial charge >= 0.3 is 0 Å². The lowest BCUT2D eigenvalue weighted by molar-refractivity contribution is -0.181. The molecule has 7 N–H and O–H groups in total. The number of rotatable bonds is 8. The monoisotopic (exact) mass is 268 g/mol. The Labute approximate surface area is 104 Å². The second-order valence-corrected chi connectivity index (χ2v) is 4.33. The van der Waals surface area contributed by atoms with Crippen LogP contribution in [0.5, 0.6) is 0 Å². The summed E-state index contributed by atoms with van der Waals surface area (Å²) in [5.41, 5.74) is -2.39. The maximum Gasteiger partial charge on any atom is 0.167 e. The second kappa shape index (κ2) is 7.10. The molecule has 0 aromatic carbocycles. The van der Waals surface area contributed by atoms with Gasteiger partial charge in [-0.2, -0.15) is 0 Å². The molecule has 5 unspecified atom stereocenters. The second-order valence-electron chi connectivity index (χ2n) is 4.33. The van der Waals surface area contributed by atoms with Gasteiger partial charge in [0.2, 0.25) is 0 Å². The van der Waals surface area contributed by atoms with Crippen molar-refractivity contribution >= 4 is 5.78 Å². The van der Waals surface area contributed by atoms with Gasteiger partial charge in [0.15, 0.2) is 5.78 Å². The van der Waals surface area contributed by atoms with E-state index in [1.807, 2.05) is 0 Å². The molecule has 8 nitrogen and oxygen atoms in total. The molecule has 0 saturated heterocycles. The first-order valence-corrected chi connectivity index (χ1v) is 5.37. The summed E-state index contributed by atoms with van der Waals surface area (Å²) >= 11 is 0.